The van der Waals surface area contributed by atoms with Crippen LogP contribution in [0.25, 0.3) is 0 Å². The standard InChI is InChI=1S/C16H18N4O3/c1-20-13-5-3-2-4-11(13)10(8-15(20)22)9-17-16(23)12-6-7-14(21)19-18-12/h2-5,10H,6-9H2,1H3,(H,17,23)(H,19,21)/t10-/m1/s1. The van der Waals surface area contributed by atoms with E-state index in [1.165, 1.54) is 0 Å². The molecular formula is C16H18N4O3. The van der Waals surface area contributed by atoms with Crippen LogP contribution in [0.2, 0.25) is 0 Å². The zero-order valence-electron chi connectivity index (χ0n) is 12.8. The van der Waals surface area contributed by atoms with E-state index in [1.807, 2.05) is 24.3 Å². The number of carbonyl (C=O) groups is 3. The van der Waals surface area contributed by atoms with Crippen LogP contribution in [-0.4, -0.2) is 37.0 Å². The Morgan fingerprint density at radius 3 is 2.87 bits per heavy atom. The lowest BCUT2D eigenvalue weighted by molar-refractivity contribution is -0.121. The molecule has 1 aromatic carbocycles. The first-order chi connectivity index (χ1) is 11.1. The molecule has 7 heteroatoms. The number of para-hydroxylation sites is 1. The Balaban J connectivity index is 1.69. The Morgan fingerprint density at radius 1 is 1.35 bits per heavy atom. The van der Waals surface area contributed by atoms with E-state index in [4.69, 9.17) is 0 Å². The number of nitrogens with zero attached hydrogens (tertiary/aromatic N) is 2. The summed E-state index contributed by atoms with van der Waals surface area (Å²) >= 11 is 0. The third-order valence-corrected chi connectivity index (χ3v) is 4.21. The summed E-state index contributed by atoms with van der Waals surface area (Å²) in [5.41, 5.74) is 4.55. The summed E-state index contributed by atoms with van der Waals surface area (Å²) in [6, 6.07) is 7.70. The second-order valence-corrected chi connectivity index (χ2v) is 5.72. The Kier molecular flexibility index (Phi) is 4.10. The molecule has 2 aliphatic heterocycles. The second kappa shape index (κ2) is 6.20. The maximum Gasteiger partial charge on any atom is 0.267 e. The highest BCUT2D eigenvalue weighted by Crippen LogP contribution is 2.34. The van der Waals surface area contributed by atoms with Crippen molar-refractivity contribution in [1.82, 2.24) is 10.7 Å². The Bertz CT molecular complexity index is 698. The molecule has 0 spiro atoms. The zero-order chi connectivity index (χ0) is 16.4. The number of amides is 3. The van der Waals surface area contributed by atoms with E-state index in [9.17, 15) is 14.4 Å². The van der Waals surface area contributed by atoms with Gasteiger partial charge < -0.3 is 10.2 Å². The number of fused-ring (bicyclic) bond motifs is 1. The summed E-state index contributed by atoms with van der Waals surface area (Å²) in [6.45, 7) is 0.363. The minimum atomic E-state index is -0.297. The van der Waals surface area contributed by atoms with E-state index in [0.29, 0.717) is 25.1 Å². The van der Waals surface area contributed by atoms with Crippen molar-refractivity contribution in [3.8, 4) is 0 Å². The molecule has 0 fully saturated rings. The van der Waals surface area contributed by atoms with E-state index in [1.54, 1.807) is 11.9 Å². The molecule has 0 bridgehead atoms. The summed E-state index contributed by atoms with van der Waals surface area (Å²) in [5.74, 6) is -0.506. The number of carbonyl (C=O) groups excluding carboxylic acids is 3. The smallest absolute Gasteiger partial charge is 0.267 e. The molecule has 120 valence electrons. The van der Waals surface area contributed by atoms with Crippen LogP contribution in [0.15, 0.2) is 29.4 Å². The Labute approximate surface area is 133 Å². The molecule has 0 radical (unpaired) electrons. The number of hydrazone groups is 1. The Morgan fingerprint density at radius 2 is 2.13 bits per heavy atom. The van der Waals surface area contributed by atoms with Crippen LogP contribution >= 0.6 is 0 Å². The SMILES string of the molecule is CN1C(=O)C[C@H](CNC(=O)C2=NNC(=O)CC2)c2ccccc21. The van der Waals surface area contributed by atoms with Crippen molar-refractivity contribution in [3.05, 3.63) is 29.8 Å². The van der Waals surface area contributed by atoms with Gasteiger partial charge >= 0.3 is 0 Å². The van der Waals surface area contributed by atoms with Gasteiger partial charge in [0.05, 0.1) is 0 Å². The summed E-state index contributed by atoms with van der Waals surface area (Å²) in [4.78, 5) is 36.9. The highest BCUT2D eigenvalue weighted by molar-refractivity contribution is 6.39. The number of hydrogen-bond acceptors (Lipinski definition) is 4. The van der Waals surface area contributed by atoms with Crippen LogP contribution < -0.4 is 15.6 Å². The topological polar surface area (TPSA) is 90.9 Å². The van der Waals surface area contributed by atoms with Crippen molar-refractivity contribution in [1.29, 1.82) is 0 Å². The summed E-state index contributed by atoms with van der Waals surface area (Å²) < 4.78 is 0. The molecule has 0 aromatic heterocycles. The predicted octanol–water partition coefficient (Wildman–Crippen LogP) is 0.519. The second-order valence-electron chi connectivity index (χ2n) is 5.72. The lowest BCUT2D eigenvalue weighted by atomic mass is 9.89. The molecule has 0 saturated heterocycles. The van der Waals surface area contributed by atoms with Crippen molar-refractivity contribution in [3.63, 3.8) is 0 Å². The van der Waals surface area contributed by atoms with E-state index in [2.05, 4.69) is 15.8 Å². The lowest BCUT2D eigenvalue weighted by Crippen LogP contribution is -2.41. The molecule has 3 amide bonds. The fraction of sp³-hybridized carbons (Fsp3) is 0.375. The summed E-state index contributed by atoms with van der Waals surface area (Å²) in [7, 11) is 1.76. The van der Waals surface area contributed by atoms with Crippen molar-refractivity contribution >= 4 is 29.1 Å². The molecule has 0 unspecified atom stereocenters. The maximum atomic E-state index is 12.1. The van der Waals surface area contributed by atoms with Gasteiger partial charge in [-0.2, -0.15) is 5.10 Å². The number of hydrogen-bond donors (Lipinski definition) is 2. The average molecular weight is 314 g/mol. The van der Waals surface area contributed by atoms with E-state index in [-0.39, 0.29) is 30.1 Å². The van der Waals surface area contributed by atoms with Gasteiger partial charge in [-0.15, -0.1) is 0 Å². The Hall–Kier alpha value is -2.70. The maximum absolute atomic E-state index is 12.1. The zero-order valence-corrected chi connectivity index (χ0v) is 12.8. The van der Waals surface area contributed by atoms with Gasteiger partial charge in [-0.1, -0.05) is 18.2 Å². The molecule has 1 atom stereocenters. The van der Waals surface area contributed by atoms with Crippen LogP contribution in [0, 0.1) is 0 Å². The molecule has 7 nitrogen and oxygen atoms in total. The van der Waals surface area contributed by atoms with Crippen molar-refractivity contribution in [2.24, 2.45) is 5.10 Å². The first-order valence-corrected chi connectivity index (χ1v) is 7.55. The van der Waals surface area contributed by atoms with Gasteiger partial charge in [0.25, 0.3) is 5.91 Å². The first kappa shape index (κ1) is 15.2. The fourth-order valence-electron chi connectivity index (χ4n) is 2.87. The van der Waals surface area contributed by atoms with Gasteiger partial charge in [0.15, 0.2) is 0 Å². The molecule has 3 rings (SSSR count). The van der Waals surface area contributed by atoms with E-state index in [0.717, 1.165) is 11.3 Å². The van der Waals surface area contributed by atoms with E-state index >= 15 is 0 Å². The first-order valence-electron chi connectivity index (χ1n) is 7.55. The number of anilines is 1. The van der Waals surface area contributed by atoms with E-state index < -0.39 is 0 Å². The van der Waals surface area contributed by atoms with Crippen LogP contribution in [0.5, 0.6) is 0 Å². The molecule has 0 saturated carbocycles. The minimum absolute atomic E-state index is 0.0326. The monoisotopic (exact) mass is 314 g/mol. The third kappa shape index (κ3) is 3.08. The quantitative estimate of drug-likeness (QED) is 0.852. The van der Waals surface area contributed by atoms with Crippen LogP contribution in [-0.2, 0) is 14.4 Å². The van der Waals surface area contributed by atoms with Crippen molar-refractivity contribution in [2.45, 2.75) is 25.2 Å². The molecule has 23 heavy (non-hydrogen) atoms. The van der Waals surface area contributed by atoms with Gasteiger partial charge in [0.2, 0.25) is 11.8 Å². The van der Waals surface area contributed by atoms with Crippen LogP contribution in [0.3, 0.4) is 0 Å². The van der Waals surface area contributed by atoms with Gasteiger partial charge in [-0.25, -0.2) is 5.43 Å². The minimum Gasteiger partial charge on any atom is -0.350 e. The third-order valence-electron chi connectivity index (χ3n) is 4.21. The average Bonchev–Trinajstić information content (AvgIpc) is 2.57. The van der Waals surface area contributed by atoms with Crippen LogP contribution in [0.1, 0.15) is 30.7 Å². The lowest BCUT2D eigenvalue weighted by Gasteiger charge is -2.31. The van der Waals surface area contributed by atoms with Crippen molar-refractivity contribution in [2.75, 3.05) is 18.5 Å². The van der Waals surface area contributed by atoms with Crippen molar-refractivity contribution < 1.29 is 14.4 Å². The molecule has 2 heterocycles. The highest BCUT2D eigenvalue weighted by atomic mass is 16.2. The van der Waals surface area contributed by atoms with Gasteiger partial charge in [0, 0.05) is 44.5 Å². The molecule has 2 N–H and O–H groups in total. The predicted molar refractivity (Wildman–Crippen MR) is 85.0 cm³/mol. The normalized spacial score (nSPS) is 20.5. The number of rotatable bonds is 3. The highest BCUT2D eigenvalue weighted by Gasteiger charge is 2.29. The fourth-order valence-corrected chi connectivity index (χ4v) is 2.87. The van der Waals surface area contributed by atoms with Gasteiger partial charge in [0.1, 0.15) is 5.71 Å². The number of benzene rings is 1. The molecular weight excluding hydrogens is 296 g/mol. The molecule has 2 aliphatic rings. The van der Waals surface area contributed by atoms with Crippen LogP contribution in [0.4, 0.5) is 5.69 Å². The van der Waals surface area contributed by atoms with Gasteiger partial charge in [-0.05, 0) is 11.6 Å². The molecule has 1 aromatic rings. The molecule has 0 aliphatic carbocycles. The van der Waals surface area contributed by atoms with Gasteiger partial charge in [-0.3, -0.25) is 14.4 Å². The summed E-state index contributed by atoms with van der Waals surface area (Å²) in [6.07, 6.45) is 0.958. The number of nitrogens with one attached hydrogen (secondary N) is 2. The largest absolute Gasteiger partial charge is 0.350 e. The summed E-state index contributed by atoms with van der Waals surface area (Å²) in [5, 5.41) is 6.60.